The van der Waals surface area contributed by atoms with Crippen LogP contribution in [0.4, 0.5) is 0 Å². The fourth-order valence-electron chi connectivity index (χ4n) is 5.11. The summed E-state index contributed by atoms with van der Waals surface area (Å²) in [7, 11) is 0. The highest BCUT2D eigenvalue weighted by atomic mass is 16.3. The van der Waals surface area contributed by atoms with Crippen molar-refractivity contribution in [2.24, 2.45) is 0 Å². The van der Waals surface area contributed by atoms with Crippen LogP contribution in [0.15, 0.2) is 23.8 Å². The Kier molecular flexibility index (Phi) is 27.8. The predicted octanol–water partition coefficient (Wildman–Crippen LogP) is 9.54. The van der Waals surface area contributed by atoms with Crippen LogP contribution in [0.3, 0.4) is 0 Å². The average Bonchev–Trinajstić information content (AvgIpc) is 2.92. The zero-order chi connectivity index (χ0) is 29.0. The molecule has 0 spiro atoms. The van der Waals surface area contributed by atoms with Crippen LogP contribution in [0, 0.1) is 0 Å². The summed E-state index contributed by atoms with van der Waals surface area (Å²) in [5, 5.41) is 30.5. The second-order valence-electron chi connectivity index (χ2n) is 11.8. The number of aliphatic hydroxyl groups excluding tert-OH is 3. The maximum atomic E-state index is 12.3. The molecule has 39 heavy (non-hydrogen) atoms. The lowest BCUT2D eigenvalue weighted by molar-refractivity contribution is -0.137. The topological polar surface area (TPSA) is 77.8 Å². The Morgan fingerprint density at radius 3 is 1.59 bits per heavy atom. The molecule has 0 fully saturated rings. The van der Waals surface area contributed by atoms with Gasteiger partial charge in [-0.25, -0.2) is 0 Å². The molecule has 0 aromatic rings. The van der Waals surface area contributed by atoms with Crippen molar-refractivity contribution in [3.63, 3.8) is 0 Å². The number of unbranched alkanes of at least 4 members (excludes halogenated alkanes) is 18. The molecule has 0 bridgehead atoms. The third-order valence-electron chi connectivity index (χ3n) is 7.81. The van der Waals surface area contributed by atoms with E-state index in [4.69, 9.17) is 0 Å². The highest BCUT2D eigenvalue weighted by Gasteiger charge is 2.24. The Balaban J connectivity index is 3.82. The first-order valence-corrected chi connectivity index (χ1v) is 16.8. The number of Topliss-reactive ketones (excluding diaryl/α,β-unsaturated/α-hetero) is 1. The lowest BCUT2D eigenvalue weighted by Crippen LogP contribution is -2.34. The first-order valence-electron chi connectivity index (χ1n) is 16.8. The van der Waals surface area contributed by atoms with Crippen molar-refractivity contribution in [1.29, 1.82) is 0 Å². The number of allylic oxidation sites excluding steroid dienone is 3. The zero-order valence-electron chi connectivity index (χ0n) is 26.2. The van der Waals surface area contributed by atoms with E-state index in [1.54, 1.807) is 6.08 Å². The van der Waals surface area contributed by atoms with Crippen LogP contribution in [-0.2, 0) is 4.79 Å². The molecule has 0 radical (unpaired) electrons. The van der Waals surface area contributed by atoms with Crippen molar-refractivity contribution >= 4 is 5.78 Å². The molecule has 4 heteroatoms. The van der Waals surface area contributed by atoms with Gasteiger partial charge < -0.3 is 15.3 Å². The molecule has 0 rings (SSSR count). The van der Waals surface area contributed by atoms with E-state index in [1.807, 2.05) is 6.08 Å². The zero-order valence-corrected chi connectivity index (χ0v) is 26.2. The number of ketones is 1. The van der Waals surface area contributed by atoms with Crippen LogP contribution in [0.5, 0.6) is 0 Å². The van der Waals surface area contributed by atoms with Crippen LogP contribution >= 0.6 is 0 Å². The summed E-state index contributed by atoms with van der Waals surface area (Å²) in [6.45, 7) is 6.70. The van der Waals surface area contributed by atoms with E-state index in [9.17, 15) is 20.1 Å². The van der Waals surface area contributed by atoms with E-state index in [-0.39, 0.29) is 6.42 Å². The average molecular weight is 551 g/mol. The molecule has 3 atom stereocenters. The lowest BCUT2D eigenvalue weighted by Gasteiger charge is -2.16. The van der Waals surface area contributed by atoms with Gasteiger partial charge in [0.05, 0.1) is 6.10 Å². The summed E-state index contributed by atoms with van der Waals surface area (Å²) in [4.78, 5) is 12.3. The molecule has 0 saturated heterocycles. The second-order valence-corrected chi connectivity index (χ2v) is 11.8. The molecule has 0 aromatic carbocycles. The van der Waals surface area contributed by atoms with Gasteiger partial charge in [0.2, 0.25) is 0 Å². The molecule has 4 nitrogen and oxygen atoms in total. The molecule has 3 N–H and O–H groups in total. The Hall–Kier alpha value is -0.970. The molecule has 3 unspecified atom stereocenters. The van der Waals surface area contributed by atoms with E-state index < -0.39 is 24.1 Å². The van der Waals surface area contributed by atoms with Gasteiger partial charge in [-0.15, -0.1) is 0 Å². The molecule has 0 heterocycles. The van der Waals surface area contributed by atoms with E-state index in [2.05, 4.69) is 26.8 Å². The molecule has 0 amide bonds. The summed E-state index contributed by atoms with van der Waals surface area (Å²) < 4.78 is 0. The fraction of sp³-hybridized carbons (Fsp3) is 0.857. The number of rotatable bonds is 29. The molecular weight excluding hydrogens is 484 g/mol. The van der Waals surface area contributed by atoms with Gasteiger partial charge in [0, 0.05) is 6.42 Å². The number of hydrogen-bond donors (Lipinski definition) is 3. The van der Waals surface area contributed by atoms with Crippen molar-refractivity contribution < 1.29 is 20.1 Å². The van der Waals surface area contributed by atoms with Crippen molar-refractivity contribution in [1.82, 2.24) is 0 Å². The lowest BCUT2D eigenvalue weighted by atomic mass is 9.98. The third kappa shape index (κ3) is 25.7. The van der Waals surface area contributed by atoms with Crippen molar-refractivity contribution in [3.8, 4) is 0 Å². The maximum Gasteiger partial charge on any atom is 0.189 e. The predicted molar refractivity (Wildman–Crippen MR) is 168 cm³/mol. The number of carbonyl (C=O) groups is 1. The van der Waals surface area contributed by atoms with Gasteiger partial charge in [0.15, 0.2) is 5.78 Å². The quantitative estimate of drug-likeness (QED) is 0.0640. The largest absolute Gasteiger partial charge is 0.389 e. The van der Waals surface area contributed by atoms with Gasteiger partial charge in [-0.05, 0) is 39.0 Å². The van der Waals surface area contributed by atoms with E-state index in [0.29, 0.717) is 6.42 Å². The highest BCUT2D eigenvalue weighted by Crippen LogP contribution is 2.15. The molecule has 0 aliphatic rings. The fourth-order valence-corrected chi connectivity index (χ4v) is 5.11. The van der Waals surface area contributed by atoms with Gasteiger partial charge in [0.1, 0.15) is 12.2 Å². The van der Waals surface area contributed by atoms with E-state index >= 15 is 0 Å². The Bertz CT molecular complexity index is 597. The summed E-state index contributed by atoms with van der Waals surface area (Å²) in [5.74, 6) is -0.561. The van der Waals surface area contributed by atoms with Gasteiger partial charge in [0.25, 0.3) is 0 Å². The minimum absolute atomic E-state index is 0.0576. The smallest absolute Gasteiger partial charge is 0.189 e. The number of aliphatic hydroxyl groups is 3. The second kappa shape index (κ2) is 28.6. The Labute approximate surface area is 242 Å². The Morgan fingerprint density at radius 2 is 1.08 bits per heavy atom. The van der Waals surface area contributed by atoms with Crippen LogP contribution in [0.1, 0.15) is 175 Å². The standard InChI is InChI=1S/C35H66O4/c1-4-6-8-10-12-13-14-15-16-18-20-25-29-33(37)35(39)34(38)30-32(36)28-24-21-23-27-31(3)26-22-19-17-11-9-7-5-2/h24,27-28,32-34,36-38H,4-23,25-26,29-30H2,1-3H3. The van der Waals surface area contributed by atoms with Crippen molar-refractivity contribution in [2.75, 3.05) is 0 Å². The van der Waals surface area contributed by atoms with Crippen LogP contribution in [0.25, 0.3) is 0 Å². The van der Waals surface area contributed by atoms with Crippen LogP contribution < -0.4 is 0 Å². The van der Waals surface area contributed by atoms with Gasteiger partial charge in [-0.1, -0.05) is 153 Å². The van der Waals surface area contributed by atoms with Crippen LogP contribution in [0.2, 0.25) is 0 Å². The van der Waals surface area contributed by atoms with Crippen molar-refractivity contribution in [3.05, 3.63) is 23.8 Å². The first kappa shape index (κ1) is 38.0. The number of hydrogen-bond acceptors (Lipinski definition) is 4. The Morgan fingerprint density at radius 1 is 0.615 bits per heavy atom. The molecule has 0 aromatic heterocycles. The minimum Gasteiger partial charge on any atom is -0.389 e. The monoisotopic (exact) mass is 550 g/mol. The summed E-state index contributed by atoms with van der Waals surface area (Å²) in [6.07, 6.45) is 30.0. The SMILES string of the molecule is CCCCCCCCCCCCCCC(O)C(=O)C(O)CC(O)C=CCCC=C(C)CCCCCCCCC. The third-order valence-corrected chi connectivity index (χ3v) is 7.81. The maximum absolute atomic E-state index is 12.3. The first-order chi connectivity index (χ1) is 18.9. The highest BCUT2D eigenvalue weighted by molar-refractivity contribution is 5.86. The normalized spacial score (nSPS) is 14.7. The summed E-state index contributed by atoms with van der Waals surface area (Å²) in [6, 6.07) is 0. The molecular formula is C35H66O4. The van der Waals surface area contributed by atoms with E-state index in [1.165, 1.54) is 108 Å². The van der Waals surface area contributed by atoms with Crippen LogP contribution in [-0.4, -0.2) is 39.4 Å². The molecule has 0 aliphatic carbocycles. The number of carbonyl (C=O) groups excluding carboxylic acids is 1. The van der Waals surface area contributed by atoms with Crippen molar-refractivity contribution in [2.45, 2.75) is 193 Å². The van der Waals surface area contributed by atoms with Gasteiger partial charge in [-0.2, -0.15) is 0 Å². The molecule has 0 saturated carbocycles. The van der Waals surface area contributed by atoms with Gasteiger partial charge >= 0.3 is 0 Å². The van der Waals surface area contributed by atoms with E-state index in [0.717, 1.165) is 38.5 Å². The summed E-state index contributed by atoms with van der Waals surface area (Å²) >= 11 is 0. The minimum atomic E-state index is -1.32. The molecule has 0 aliphatic heterocycles. The van der Waals surface area contributed by atoms with Gasteiger partial charge in [-0.3, -0.25) is 4.79 Å². The molecule has 230 valence electrons. The summed E-state index contributed by atoms with van der Waals surface area (Å²) in [5.41, 5.74) is 1.43.